The fourth-order valence-electron chi connectivity index (χ4n) is 2.49. The first-order valence-corrected chi connectivity index (χ1v) is 8.67. The van der Waals surface area contributed by atoms with Crippen LogP contribution in [-0.2, 0) is 0 Å². The van der Waals surface area contributed by atoms with Crippen LogP contribution in [0, 0.1) is 0 Å². The van der Waals surface area contributed by atoms with Crippen LogP contribution in [0.2, 0.25) is 12.1 Å². The highest BCUT2D eigenvalue weighted by Gasteiger charge is 2.36. The van der Waals surface area contributed by atoms with Gasteiger partial charge in [0.1, 0.15) is 0 Å². The highest BCUT2D eigenvalue weighted by molar-refractivity contribution is 6.74. The van der Waals surface area contributed by atoms with Gasteiger partial charge >= 0.3 is 0 Å². The van der Waals surface area contributed by atoms with Gasteiger partial charge in [-0.05, 0) is 40.3 Å². The van der Waals surface area contributed by atoms with Crippen molar-refractivity contribution in [2.45, 2.75) is 51.6 Å². The summed E-state index contributed by atoms with van der Waals surface area (Å²) in [5.41, 5.74) is 0. The minimum Gasteiger partial charge on any atom is -0.317 e. The molecule has 2 nitrogen and oxygen atoms in total. The molecule has 0 aliphatic rings. The Hall–Kier alpha value is 0.137. The Morgan fingerprint density at radius 3 is 1.67 bits per heavy atom. The molecule has 0 unspecified atom stereocenters. The second-order valence-electron chi connectivity index (χ2n) is 4.94. The van der Waals surface area contributed by atoms with Crippen LogP contribution in [0.1, 0.15) is 39.5 Å². The van der Waals surface area contributed by atoms with Crippen LogP contribution in [-0.4, -0.2) is 45.7 Å². The minimum absolute atomic E-state index is 1.31. The van der Waals surface area contributed by atoms with Gasteiger partial charge < -0.3 is 9.13 Å². The molecule has 0 rings (SSSR count). The molecule has 0 saturated heterocycles. The van der Waals surface area contributed by atoms with Crippen LogP contribution >= 0.6 is 0 Å². The molecule has 0 amide bonds. The number of unbranched alkanes of at least 4 members (excludes halogenated alkanes) is 3. The summed E-state index contributed by atoms with van der Waals surface area (Å²) in [5, 5.41) is 0. The van der Waals surface area contributed by atoms with Crippen molar-refractivity contribution in [2.75, 3.05) is 28.2 Å². The molecule has 0 aliphatic carbocycles. The van der Waals surface area contributed by atoms with Crippen molar-refractivity contribution in [1.29, 1.82) is 0 Å². The maximum absolute atomic E-state index is 2.51. The molecular formula is C12H30N2Si. The molecule has 3 heteroatoms. The van der Waals surface area contributed by atoms with Crippen LogP contribution in [0.15, 0.2) is 0 Å². The molecule has 0 fully saturated rings. The summed E-state index contributed by atoms with van der Waals surface area (Å²) in [7, 11) is 7.73. The predicted octanol–water partition coefficient (Wildman–Crippen LogP) is 3.15. The Morgan fingerprint density at radius 2 is 1.33 bits per heavy atom. The summed E-state index contributed by atoms with van der Waals surface area (Å²) >= 11 is 0. The van der Waals surface area contributed by atoms with E-state index in [0.717, 1.165) is 0 Å². The van der Waals surface area contributed by atoms with Crippen molar-refractivity contribution < 1.29 is 0 Å². The lowest BCUT2D eigenvalue weighted by Gasteiger charge is -2.42. The molecule has 0 spiro atoms. The molecule has 0 aromatic heterocycles. The smallest absolute Gasteiger partial charge is 0.205 e. The zero-order valence-corrected chi connectivity index (χ0v) is 12.6. The first kappa shape index (κ1) is 15.1. The fourth-order valence-corrected chi connectivity index (χ4v) is 6.62. The molecule has 0 aromatic rings. The number of nitrogens with zero attached hydrogens (tertiary/aromatic N) is 2. The van der Waals surface area contributed by atoms with E-state index in [0.29, 0.717) is 0 Å². The van der Waals surface area contributed by atoms with E-state index < -0.39 is 8.40 Å². The molecule has 0 aromatic carbocycles. The first-order chi connectivity index (χ1) is 7.01. The lowest BCUT2D eigenvalue weighted by molar-refractivity contribution is 0.468. The van der Waals surface area contributed by atoms with Crippen molar-refractivity contribution in [3.8, 4) is 0 Å². The van der Waals surface area contributed by atoms with Gasteiger partial charge in [0, 0.05) is 0 Å². The Balaban J connectivity index is 4.23. The van der Waals surface area contributed by atoms with Crippen LogP contribution in [0.25, 0.3) is 0 Å². The summed E-state index contributed by atoms with van der Waals surface area (Å²) in [4.78, 5) is 0. The van der Waals surface area contributed by atoms with Crippen LogP contribution in [0.3, 0.4) is 0 Å². The van der Waals surface area contributed by atoms with Crippen LogP contribution in [0.4, 0.5) is 0 Å². The van der Waals surface area contributed by atoms with E-state index in [9.17, 15) is 0 Å². The second-order valence-corrected chi connectivity index (χ2v) is 9.90. The number of hydrogen-bond donors (Lipinski definition) is 0. The van der Waals surface area contributed by atoms with Gasteiger partial charge in [0.2, 0.25) is 8.40 Å². The number of rotatable bonds is 8. The highest BCUT2D eigenvalue weighted by Crippen LogP contribution is 2.23. The fraction of sp³-hybridized carbons (Fsp3) is 1.00. The third kappa shape index (κ3) is 4.25. The zero-order valence-electron chi connectivity index (χ0n) is 11.6. The molecule has 0 N–H and O–H groups in total. The van der Waals surface area contributed by atoms with Crippen molar-refractivity contribution >= 4 is 8.40 Å². The molecule has 0 aliphatic heterocycles. The lowest BCUT2D eigenvalue weighted by atomic mass is 10.2. The highest BCUT2D eigenvalue weighted by atomic mass is 28.3. The normalized spacial score (nSPS) is 12.8. The van der Waals surface area contributed by atoms with E-state index in [1.165, 1.54) is 37.8 Å². The van der Waals surface area contributed by atoms with E-state index in [1.54, 1.807) is 0 Å². The average Bonchev–Trinajstić information content (AvgIpc) is 2.17. The van der Waals surface area contributed by atoms with Crippen LogP contribution < -0.4 is 0 Å². The Bertz CT molecular complexity index is 150. The molecule has 0 bridgehead atoms. The summed E-state index contributed by atoms with van der Waals surface area (Å²) in [5.74, 6) is 0. The zero-order chi connectivity index (χ0) is 11.9. The maximum atomic E-state index is 2.51. The van der Waals surface area contributed by atoms with E-state index in [2.05, 4.69) is 51.2 Å². The molecule has 0 saturated carbocycles. The van der Waals surface area contributed by atoms with Gasteiger partial charge in [-0.2, -0.15) is 0 Å². The van der Waals surface area contributed by atoms with Gasteiger partial charge in [-0.3, -0.25) is 0 Å². The van der Waals surface area contributed by atoms with E-state index >= 15 is 0 Å². The van der Waals surface area contributed by atoms with Gasteiger partial charge in [-0.15, -0.1) is 0 Å². The SMILES string of the molecule is CCCCCC[Si](CC)(N(C)C)N(C)C. The summed E-state index contributed by atoms with van der Waals surface area (Å²) in [6.07, 6.45) is 5.55. The van der Waals surface area contributed by atoms with E-state index in [-0.39, 0.29) is 0 Å². The maximum Gasteiger partial charge on any atom is 0.205 e. The molecule has 0 heterocycles. The Morgan fingerprint density at radius 1 is 0.800 bits per heavy atom. The predicted molar refractivity (Wildman–Crippen MR) is 72.6 cm³/mol. The number of hydrogen-bond acceptors (Lipinski definition) is 2. The summed E-state index contributed by atoms with van der Waals surface area (Å²) < 4.78 is 5.03. The second kappa shape index (κ2) is 7.42. The molecule has 0 radical (unpaired) electrons. The molecule has 15 heavy (non-hydrogen) atoms. The van der Waals surface area contributed by atoms with E-state index in [1.807, 2.05) is 0 Å². The van der Waals surface area contributed by atoms with Gasteiger partial charge in [-0.1, -0.05) is 39.5 Å². The summed E-state index contributed by atoms with van der Waals surface area (Å²) in [6, 6.07) is 2.75. The molecular weight excluding hydrogens is 200 g/mol. The van der Waals surface area contributed by atoms with Gasteiger partial charge in [0.15, 0.2) is 0 Å². The van der Waals surface area contributed by atoms with Crippen molar-refractivity contribution in [2.24, 2.45) is 0 Å². The quantitative estimate of drug-likeness (QED) is 0.467. The summed E-state index contributed by atoms with van der Waals surface area (Å²) in [6.45, 7) is 4.63. The first-order valence-electron chi connectivity index (χ1n) is 6.36. The van der Waals surface area contributed by atoms with Gasteiger partial charge in [0.05, 0.1) is 0 Å². The minimum atomic E-state index is -1.31. The van der Waals surface area contributed by atoms with Crippen molar-refractivity contribution in [3.63, 3.8) is 0 Å². The Labute approximate surface area is 97.8 Å². The third-order valence-corrected chi connectivity index (χ3v) is 9.28. The average molecular weight is 230 g/mol. The lowest BCUT2D eigenvalue weighted by Crippen LogP contribution is -2.60. The Kier molecular flexibility index (Phi) is 7.48. The molecule has 92 valence electrons. The largest absolute Gasteiger partial charge is 0.317 e. The monoisotopic (exact) mass is 230 g/mol. The molecule has 0 atom stereocenters. The van der Waals surface area contributed by atoms with Crippen LogP contribution in [0.5, 0.6) is 0 Å². The topological polar surface area (TPSA) is 6.48 Å². The van der Waals surface area contributed by atoms with Gasteiger partial charge in [-0.25, -0.2) is 0 Å². The van der Waals surface area contributed by atoms with Crippen molar-refractivity contribution in [1.82, 2.24) is 9.13 Å². The van der Waals surface area contributed by atoms with Crippen molar-refractivity contribution in [3.05, 3.63) is 0 Å². The van der Waals surface area contributed by atoms with Gasteiger partial charge in [0.25, 0.3) is 0 Å². The van der Waals surface area contributed by atoms with E-state index in [4.69, 9.17) is 0 Å². The standard InChI is InChI=1S/C12H30N2Si/c1-7-9-10-11-12-15(8-2,13(3)4)14(5)6/h7-12H2,1-6H3. The third-order valence-electron chi connectivity index (χ3n) is 3.66.